The van der Waals surface area contributed by atoms with Crippen LogP contribution in [0.2, 0.25) is 0 Å². The van der Waals surface area contributed by atoms with Crippen LogP contribution in [0.3, 0.4) is 0 Å². The summed E-state index contributed by atoms with van der Waals surface area (Å²) in [5.41, 5.74) is 6.23. The number of carbonyl (C=O) groups is 2. The Balaban J connectivity index is 2.57. The van der Waals surface area contributed by atoms with Gasteiger partial charge in [0.05, 0.1) is 5.39 Å². The first-order chi connectivity index (χ1) is 8.49. The number of nitrogen functional groups attached to an aromatic ring is 1. The van der Waals surface area contributed by atoms with E-state index in [0.29, 0.717) is 11.1 Å². The summed E-state index contributed by atoms with van der Waals surface area (Å²) in [6.45, 7) is -0.663. The number of hydrogen-bond donors (Lipinski definition) is 3. The van der Waals surface area contributed by atoms with Crippen LogP contribution < -0.4 is 10.5 Å². The smallest absolute Gasteiger partial charge is 0.375 e. The number of carboxylic acid groups (broad SMARTS) is 2. The Kier molecular flexibility index (Phi) is 2.80. The number of anilines is 1. The van der Waals surface area contributed by atoms with Crippen molar-refractivity contribution in [2.24, 2.45) is 0 Å². The molecule has 0 saturated carbocycles. The molecule has 0 fully saturated rings. The molecule has 2 rings (SSSR count). The van der Waals surface area contributed by atoms with Crippen molar-refractivity contribution in [1.82, 2.24) is 0 Å². The Morgan fingerprint density at radius 2 is 2.06 bits per heavy atom. The molecule has 0 aliphatic carbocycles. The molecule has 0 amide bonds. The van der Waals surface area contributed by atoms with Gasteiger partial charge in [0.2, 0.25) is 0 Å². The Hall–Kier alpha value is -2.70. The summed E-state index contributed by atoms with van der Waals surface area (Å²) in [7, 11) is 0. The van der Waals surface area contributed by atoms with Crippen LogP contribution in [-0.4, -0.2) is 28.8 Å². The van der Waals surface area contributed by atoms with E-state index in [1.165, 1.54) is 12.1 Å². The molecule has 0 radical (unpaired) electrons. The second kappa shape index (κ2) is 4.28. The standard InChI is InChI=1S/C11H9NO6/c12-5-1-2-7-6(3-5)9(17-4-8(13)14)10(18-7)11(15)16/h1-3H,4,12H2,(H,13,14)(H,15,16). The van der Waals surface area contributed by atoms with Crippen molar-refractivity contribution >= 4 is 28.6 Å². The average molecular weight is 251 g/mol. The first kappa shape index (κ1) is 11.8. The Labute approximate surface area is 100 Å². The van der Waals surface area contributed by atoms with Crippen molar-refractivity contribution in [3.05, 3.63) is 24.0 Å². The number of fused-ring (bicyclic) bond motifs is 1. The second-order valence-electron chi connectivity index (χ2n) is 3.50. The summed E-state index contributed by atoms with van der Waals surface area (Å²) in [5.74, 6) is -3.14. The summed E-state index contributed by atoms with van der Waals surface area (Å²) in [4.78, 5) is 21.4. The van der Waals surface area contributed by atoms with Gasteiger partial charge in [0.15, 0.2) is 12.4 Å². The molecule has 0 aliphatic heterocycles. The number of ether oxygens (including phenoxy) is 1. The van der Waals surface area contributed by atoms with E-state index in [2.05, 4.69) is 0 Å². The molecule has 0 bridgehead atoms. The molecule has 1 aromatic heterocycles. The van der Waals surface area contributed by atoms with E-state index in [0.717, 1.165) is 0 Å². The Morgan fingerprint density at radius 3 is 2.67 bits per heavy atom. The largest absolute Gasteiger partial charge is 0.479 e. The zero-order chi connectivity index (χ0) is 13.3. The first-order valence-corrected chi connectivity index (χ1v) is 4.89. The van der Waals surface area contributed by atoms with Gasteiger partial charge in [-0.25, -0.2) is 9.59 Å². The van der Waals surface area contributed by atoms with Crippen LogP contribution in [0.4, 0.5) is 5.69 Å². The lowest BCUT2D eigenvalue weighted by atomic mass is 10.2. The summed E-state index contributed by atoms with van der Waals surface area (Å²) in [6.07, 6.45) is 0. The predicted octanol–water partition coefficient (Wildman–Crippen LogP) is 1.18. The van der Waals surface area contributed by atoms with Gasteiger partial charge in [-0.3, -0.25) is 0 Å². The number of benzene rings is 1. The van der Waals surface area contributed by atoms with Gasteiger partial charge in [-0.1, -0.05) is 0 Å². The molecule has 0 spiro atoms. The number of nitrogens with two attached hydrogens (primary N) is 1. The maximum absolute atomic E-state index is 11.0. The molecule has 1 aromatic carbocycles. The molecule has 2 aromatic rings. The molecule has 0 aliphatic rings. The molecule has 0 unspecified atom stereocenters. The van der Waals surface area contributed by atoms with Crippen molar-refractivity contribution in [2.45, 2.75) is 0 Å². The van der Waals surface area contributed by atoms with Crippen molar-refractivity contribution in [3.63, 3.8) is 0 Å². The van der Waals surface area contributed by atoms with Gasteiger partial charge in [-0.05, 0) is 18.2 Å². The third kappa shape index (κ3) is 2.05. The van der Waals surface area contributed by atoms with Gasteiger partial charge in [0.1, 0.15) is 5.58 Å². The van der Waals surface area contributed by atoms with Gasteiger partial charge in [-0.2, -0.15) is 0 Å². The van der Waals surface area contributed by atoms with E-state index in [1.54, 1.807) is 6.07 Å². The van der Waals surface area contributed by atoms with Crippen molar-refractivity contribution in [3.8, 4) is 5.75 Å². The average Bonchev–Trinajstić information content (AvgIpc) is 2.64. The fraction of sp³-hybridized carbons (Fsp3) is 0.0909. The van der Waals surface area contributed by atoms with Crippen LogP contribution in [0.25, 0.3) is 11.0 Å². The fourth-order valence-electron chi connectivity index (χ4n) is 1.51. The molecule has 4 N–H and O–H groups in total. The van der Waals surface area contributed by atoms with Gasteiger partial charge < -0.3 is 25.1 Å². The van der Waals surface area contributed by atoms with Crippen LogP contribution >= 0.6 is 0 Å². The van der Waals surface area contributed by atoms with E-state index in [1.807, 2.05) is 0 Å². The molecular formula is C11H9NO6. The number of aromatic carboxylic acids is 1. The van der Waals surface area contributed by atoms with Crippen molar-refractivity contribution in [1.29, 1.82) is 0 Å². The first-order valence-electron chi connectivity index (χ1n) is 4.89. The van der Waals surface area contributed by atoms with Crippen LogP contribution in [0.15, 0.2) is 22.6 Å². The van der Waals surface area contributed by atoms with E-state index in [9.17, 15) is 9.59 Å². The van der Waals surface area contributed by atoms with E-state index in [-0.39, 0.29) is 11.3 Å². The zero-order valence-electron chi connectivity index (χ0n) is 9.04. The molecule has 7 nitrogen and oxygen atoms in total. The monoisotopic (exact) mass is 251 g/mol. The van der Waals surface area contributed by atoms with Gasteiger partial charge in [0, 0.05) is 5.69 Å². The third-order valence-corrected chi connectivity index (χ3v) is 2.20. The summed E-state index contributed by atoms with van der Waals surface area (Å²) in [5, 5.41) is 17.8. The van der Waals surface area contributed by atoms with Gasteiger partial charge in [-0.15, -0.1) is 0 Å². The second-order valence-corrected chi connectivity index (χ2v) is 3.50. The molecule has 94 valence electrons. The van der Waals surface area contributed by atoms with Crippen LogP contribution in [0.1, 0.15) is 10.6 Å². The van der Waals surface area contributed by atoms with Crippen LogP contribution in [-0.2, 0) is 4.79 Å². The van der Waals surface area contributed by atoms with E-state index in [4.69, 9.17) is 25.1 Å². The third-order valence-electron chi connectivity index (χ3n) is 2.20. The summed E-state index contributed by atoms with van der Waals surface area (Å²) >= 11 is 0. The SMILES string of the molecule is Nc1ccc2oc(C(=O)O)c(OCC(=O)O)c2c1. The lowest BCUT2D eigenvalue weighted by molar-refractivity contribution is -0.139. The normalized spacial score (nSPS) is 10.4. The van der Waals surface area contributed by atoms with E-state index >= 15 is 0 Å². The number of carboxylic acids is 2. The predicted molar refractivity (Wildman–Crippen MR) is 60.7 cm³/mol. The minimum Gasteiger partial charge on any atom is -0.479 e. The maximum Gasteiger partial charge on any atom is 0.375 e. The van der Waals surface area contributed by atoms with Crippen molar-refractivity contribution < 1.29 is 29.0 Å². The Morgan fingerprint density at radius 1 is 1.33 bits per heavy atom. The molecule has 18 heavy (non-hydrogen) atoms. The topological polar surface area (TPSA) is 123 Å². The fourth-order valence-corrected chi connectivity index (χ4v) is 1.51. The number of rotatable bonds is 4. The highest BCUT2D eigenvalue weighted by atomic mass is 16.5. The number of aliphatic carboxylic acids is 1. The minimum absolute atomic E-state index is 0.132. The summed E-state index contributed by atoms with van der Waals surface area (Å²) in [6, 6.07) is 4.49. The lowest BCUT2D eigenvalue weighted by Gasteiger charge is -2.01. The van der Waals surface area contributed by atoms with Gasteiger partial charge in [0.25, 0.3) is 5.76 Å². The quantitative estimate of drug-likeness (QED) is 0.697. The highest BCUT2D eigenvalue weighted by Crippen LogP contribution is 2.34. The highest BCUT2D eigenvalue weighted by Gasteiger charge is 2.22. The molecule has 0 atom stereocenters. The molecule has 0 saturated heterocycles. The molecule has 1 heterocycles. The van der Waals surface area contributed by atoms with Gasteiger partial charge >= 0.3 is 11.9 Å². The van der Waals surface area contributed by atoms with E-state index < -0.39 is 24.3 Å². The van der Waals surface area contributed by atoms with Crippen LogP contribution in [0.5, 0.6) is 5.75 Å². The van der Waals surface area contributed by atoms with Crippen LogP contribution in [0, 0.1) is 0 Å². The lowest BCUT2D eigenvalue weighted by Crippen LogP contribution is -2.11. The minimum atomic E-state index is -1.34. The molecular weight excluding hydrogens is 242 g/mol. The number of furan rings is 1. The highest BCUT2D eigenvalue weighted by molar-refractivity contribution is 5.99. The maximum atomic E-state index is 11.0. The summed E-state index contributed by atoms with van der Waals surface area (Å²) < 4.78 is 10.0. The van der Waals surface area contributed by atoms with Crippen molar-refractivity contribution in [2.75, 3.05) is 12.3 Å². The number of hydrogen-bond acceptors (Lipinski definition) is 5. The Bertz CT molecular complexity index is 630. The molecule has 7 heteroatoms. The zero-order valence-corrected chi connectivity index (χ0v) is 9.04.